The van der Waals surface area contributed by atoms with Gasteiger partial charge in [-0.25, -0.2) is 0 Å². The Morgan fingerprint density at radius 1 is 1.12 bits per heavy atom. The molecule has 0 unspecified atom stereocenters. The topological polar surface area (TPSA) is 26.3 Å². The lowest BCUT2D eigenvalue weighted by Gasteiger charge is -2.09. The first-order valence-electron chi connectivity index (χ1n) is 4.88. The van der Waals surface area contributed by atoms with Gasteiger partial charge in [0.05, 0.1) is 10.6 Å². The van der Waals surface area contributed by atoms with Gasteiger partial charge >= 0.3 is 0 Å². The van der Waals surface area contributed by atoms with Gasteiger partial charge in [0.2, 0.25) is 0 Å². The predicted octanol–water partition coefficient (Wildman–Crippen LogP) is 4.71. The highest BCUT2D eigenvalue weighted by Crippen LogP contribution is 2.31. The third-order valence-electron chi connectivity index (χ3n) is 2.16. The summed E-state index contributed by atoms with van der Waals surface area (Å²) in [4.78, 5) is 10.9. The molecule has 0 aliphatic rings. The van der Waals surface area contributed by atoms with Gasteiger partial charge in [0.1, 0.15) is 11.5 Å². The average molecular weight is 312 g/mol. The van der Waals surface area contributed by atoms with Crippen LogP contribution in [0.5, 0.6) is 11.5 Å². The first-order valence-corrected chi connectivity index (χ1v) is 6.05. The highest BCUT2D eigenvalue weighted by atomic mass is 79.9. The zero-order chi connectivity index (χ0) is 12.3. The fourth-order valence-electron chi connectivity index (χ4n) is 1.35. The van der Waals surface area contributed by atoms with E-state index >= 15 is 0 Å². The van der Waals surface area contributed by atoms with Crippen LogP contribution < -0.4 is 4.74 Å². The number of halogens is 2. The van der Waals surface area contributed by atoms with Gasteiger partial charge < -0.3 is 4.74 Å². The Bertz CT molecular complexity index is 555. The van der Waals surface area contributed by atoms with Crippen LogP contribution >= 0.6 is 27.5 Å². The van der Waals surface area contributed by atoms with Crippen molar-refractivity contribution < 1.29 is 9.53 Å². The molecule has 2 aromatic carbocycles. The van der Waals surface area contributed by atoms with Crippen molar-refractivity contribution in [3.05, 3.63) is 57.5 Å². The Hall–Kier alpha value is -1.32. The highest BCUT2D eigenvalue weighted by Gasteiger charge is 2.07. The molecule has 4 heteroatoms. The Morgan fingerprint density at radius 3 is 2.59 bits per heavy atom. The molecule has 0 heterocycles. The van der Waals surface area contributed by atoms with Gasteiger partial charge in [-0.3, -0.25) is 4.79 Å². The maximum absolute atomic E-state index is 10.9. The second-order valence-corrected chi connectivity index (χ2v) is 4.66. The molecule has 0 saturated heterocycles. The fourth-order valence-corrected chi connectivity index (χ4v) is 1.90. The molecule has 0 N–H and O–H groups in total. The second kappa shape index (κ2) is 5.34. The van der Waals surface area contributed by atoms with E-state index in [0.717, 1.165) is 10.8 Å². The van der Waals surface area contributed by atoms with Gasteiger partial charge in [0.25, 0.3) is 0 Å². The van der Waals surface area contributed by atoms with E-state index < -0.39 is 0 Å². The van der Waals surface area contributed by atoms with Crippen molar-refractivity contribution in [2.24, 2.45) is 0 Å². The van der Waals surface area contributed by atoms with E-state index in [1.807, 2.05) is 12.1 Å². The van der Waals surface area contributed by atoms with Gasteiger partial charge in [0.15, 0.2) is 6.29 Å². The minimum absolute atomic E-state index is 0.472. The van der Waals surface area contributed by atoms with Crippen LogP contribution in [0, 0.1) is 0 Å². The number of ether oxygens (including phenoxy) is 1. The second-order valence-electron chi connectivity index (χ2n) is 3.33. The zero-order valence-electron chi connectivity index (χ0n) is 8.69. The van der Waals surface area contributed by atoms with Crippen LogP contribution in [0.15, 0.2) is 46.9 Å². The van der Waals surface area contributed by atoms with Crippen LogP contribution in [0.3, 0.4) is 0 Å². The number of hydrogen-bond donors (Lipinski definition) is 0. The summed E-state index contributed by atoms with van der Waals surface area (Å²) in [6.07, 6.45) is 0.747. The maximum Gasteiger partial charge on any atom is 0.153 e. The summed E-state index contributed by atoms with van der Waals surface area (Å²) in [5, 5.41) is 0.507. The quantitative estimate of drug-likeness (QED) is 0.768. The fraction of sp³-hybridized carbons (Fsp3) is 0. The lowest BCUT2D eigenvalue weighted by atomic mass is 10.2. The maximum atomic E-state index is 10.9. The van der Waals surface area contributed by atoms with Crippen molar-refractivity contribution in [3.8, 4) is 11.5 Å². The summed E-state index contributed by atoms with van der Waals surface area (Å²) in [5.74, 6) is 1.01. The molecule has 17 heavy (non-hydrogen) atoms. The minimum atomic E-state index is 0.472. The van der Waals surface area contributed by atoms with Crippen LogP contribution in [-0.2, 0) is 0 Å². The molecule has 0 aromatic heterocycles. The highest BCUT2D eigenvalue weighted by molar-refractivity contribution is 9.10. The van der Waals surface area contributed by atoms with Crippen LogP contribution in [-0.4, -0.2) is 6.29 Å². The molecule has 2 aromatic rings. The summed E-state index contributed by atoms with van der Waals surface area (Å²) in [7, 11) is 0. The third-order valence-corrected chi connectivity index (χ3v) is 2.96. The first-order chi connectivity index (χ1) is 8.20. The number of rotatable bonds is 3. The van der Waals surface area contributed by atoms with Crippen LogP contribution in [0.2, 0.25) is 5.02 Å². The normalized spacial score (nSPS) is 10.0. The molecule has 0 bridgehead atoms. The van der Waals surface area contributed by atoms with Crippen LogP contribution in [0.1, 0.15) is 10.4 Å². The Kier molecular flexibility index (Phi) is 3.82. The number of carbonyl (C=O) groups is 1. The molecule has 0 saturated carbocycles. The summed E-state index contributed by atoms with van der Waals surface area (Å²) < 4.78 is 6.43. The molecule has 0 spiro atoms. The summed E-state index contributed by atoms with van der Waals surface area (Å²) in [6, 6.07) is 12.3. The summed E-state index contributed by atoms with van der Waals surface area (Å²) in [5.41, 5.74) is 0.472. The Labute approximate surface area is 112 Å². The minimum Gasteiger partial charge on any atom is -0.455 e. The van der Waals surface area contributed by atoms with Crippen molar-refractivity contribution in [1.82, 2.24) is 0 Å². The summed E-state index contributed by atoms with van der Waals surface area (Å²) >= 11 is 9.27. The first kappa shape index (κ1) is 12.1. The van der Waals surface area contributed by atoms with E-state index in [-0.39, 0.29) is 0 Å². The number of benzene rings is 2. The predicted molar refractivity (Wildman–Crippen MR) is 71.1 cm³/mol. The molecule has 86 valence electrons. The average Bonchev–Trinajstić information content (AvgIpc) is 2.34. The molecule has 0 aliphatic carbocycles. The molecule has 0 aliphatic heterocycles. The molecular weight excluding hydrogens is 303 g/mol. The molecule has 2 rings (SSSR count). The smallest absolute Gasteiger partial charge is 0.153 e. The monoisotopic (exact) mass is 310 g/mol. The van der Waals surface area contributed by atoms with Crippen molar-refractivity contribution in [1.29, 1.82) is 0 Å². The van der Waals surface area contributed by atoms with Gasteiger partial charge in [-0.15, -0.1) is 0 Å². The van der Waals surface area contributed by atoms with Crippen molar-refractivity contribution >= 4 is 33.8 Å². The van der Waals surface area contributed by atoms with E-state index in [4.69, 9.17) is 16.3 Å². The van der Waals surface area contributed by atoms with E-state index in [0.29, 0.717) is 22.1 Å². The Morgan fingerprint density at radius 2 is 1.88 bits per heavy atom. The van der Waals surface area contributed by atoms with Gasteiger partial charge in [-0.2, -0.15) is 0 Å². The van der Waals surface area contributed by atoms with Crippen LogP contribution in [0.25, 0.3) is 0 Å². The number of carbonyl (C=O) groups excluding carboxylic acids is 1. The molecule has 0 amide bonds. The van der Waals surface area contributed by atoms with E-state index in [1.54, 1.807) is 30.3 Å². The molecule has 2 nitrogen and oxygen atoms in total. The third kappa shape index (κ3) is 2.87. The van der Waals surface area contributed by atoms with Crippen molar-refractivity contribution in [3.63, 3.8) is 0 Å². The lowest BCUT2D eigenvalue weighted by Crippen LogP contribution is -1.90. The van der Waals surface area contributed by atoms with E-state index in [2.05, 4.69) is 15.9 Å². The largest absolute Gasteiger partial charge is 0.455 e. The van der Waals surface area contributed by atoms with E-state index in [9.17, 15) is 4.79 Å². The lowest BCUT2D eigenvalue weighted by molar-refractivity contribution is 0.112. The molecule has 0 atom stereocenters. The summed E-state index contributed by atoms with van der Waals surface area (Å²) in [6.45, 7) is 0. The molecule has 0 fully saturated rings. The molecule has 0 radical (unpaired) electrons. The number of hydrogen-bond acceptors (Lipinski definition) is 2. The number of para-hydroxylation sites is 1. The van der Waals surface area contributed by atoms with Crippen LogP contribution in [0.4, 0.5) is 0 Å². The SMILES string of the molecule is O=Cc1cc(Br)ccc1Oc1ccccc1Cl. The van der Waals surface area contributed by atoms with Crippen molar-refractivity contribution in [2.45, 2.75) is 0 Å². The Balaban J connectivity index is 2.36. The standard InChI is InChI=1S/C13H8BrClO2/c14-10-5-6-12(9(7-10)8-16)17-13-4-2-1-3-11(13)15/h1-8H. The number of aldehydes is 1. The molecular formula is C13H8BrClO2. The van der Waals surface area contributed by atoms with Gasteiger partial charge in [0, 0.05) is 4.47 Å². The van der Waals surface area contributed by atoms with Crippen molar-refractivity contribution in [2.75, 3.05) is 0 Å². The van der Waals surface area contributed by atoms with E-state index in [1.165, 1.54) is 0 Å². The van der Waals surface area contributed by atoms with Gasteiger partial charge in [-0.05, 0) is 30.3 Å². The van der Waals surface area contributed by atoms with Gasteiger partial charge in [-0.1, -0.05) is 39.7 Å². The zero-order valence-corrected chi connectivity index (χ0v) is 11.0.